The Kier molecular flexibility index (Phi) is 9.49. The van der Waals surface area contributed by atoms with Crippen molar-refractivity contribution in [1.29, 1.82) is 0 Å². The Morgan fingerprint density at radius 2 is 1.59 bits per heavy atom. The summed E-state index contributed by atoms with van der Waals surface area (Å²) in [5.74, 6) is 1.02. The molecule has 1 aromatic carbocycles. The third-order valence-corrected chi connectivity index (χ3v) is 6.22. The monoisotopic (exact) mass is 504 g/mol. The van der Waals surface area contributed by atoms with E-state index in [2.05, 4.69) is 11.6 Å². The van der Waals surface area contributed by atoms with Crippen molar-refractivity contribution in [2.45, 2.75) is 27.7 Å². The van der Waals surface area contributed by atoms with Gasteiger partial charge in [0.1, 0.15) is 29.5 Å². The molecule has 1 aromatic heterocycles. The fraction of sp³-hybridized carbons (Fsp3) is 0.345. The first-order valence-electron chi connectivity index (χ1n) is 12.6. The van der Waals surface area contributed by atoms with Crippen LogP contribution in [0.4, 0.5) is 0 Å². The van der Waals surface area contributed by atoms with E-state index in [1.807, 2.05) is 58.0 Å². The lowest BCUT2D eigenvalue weighted by Gasteiger charge is -2.18. The van der Waals surface area contributed by atoms with E-state index in [0.717, 1.165) is 0 Å². The van der Waals surface area contributed by atoms with Crippen molar-refractivity contribution in [2.75, 3.05) is 39.9 Å². The summed E-state index contributed by atoms with van der Waals surface area (Å²) in [6, 6.07) is 9.13. The Balaban J connectivity index is 2.22. The number of amides is 2. The van der Waals surface area contributed by atoms with E-state index in [4.69, 9.17) is 14.5 Å². The van der Waals surface area contributed by atoms with Gasteiger partial charge in [0.25, 0.3) is 11.8 Å². The number of H-pyrrole nitrogens is 1. The van der Waals surface area contributed by atoms with E-state index >= 15 is 0 Å². The van der Waals surface area contributed by atoms with Crippen LogP contribution in [-0.4, -0.2) is 72.2 Å². The highest BCUT2D eigenvalue weighted by atomic mass is 16.5. The zero-order valence-electron chi connectivity index (χ0n) is 22.3. The summed E-state index contributed by atoms with van der Waals surface area (Å²) in [5, 5.41) is 0. The van der Waals surface area contributed by atoms with Gasteiger partial charge in [0, 0.05) is 43.0 Å². The summed E-state index contributed by atoms with van der Waals surface area (Å²) in [7, 11) is 1.60. The molecule has 8 nitrogen and oxygen atoms in total. The van der Waals surface area contributed by atoms with Crippen molar-refractivity contribution in [3.05, 3.63) is 77.8 Å². The van der Waals surface area contributed by atoms with Gasteiger partial charge in [-0.15, -0.1) is 0 Å². The van der Waals surface area contributed by atoms with Crippen LogP contribution in [0.15, 0.2) is 65.8 Å². The Morgan fingerprint density at radius 3 is 2.22 bits per heavy atom. The molecule has 1 N–H and O–H groups in total. The van der Waals surface area contributed by atoms with Gasteiger partial charge < -0.3 is 24.3 Å². The molecule has 37 heavy (non-hydrogen) atoms. The van der Waals surface area contributed by atoms with E-state index in [1.54, 1.807) is 35.1 Å². The third-order valence-electron chi connectivity index (χ3n) is 6.22. The molecule has 2 heterocycles. The number of benzene rings is 1. The van der Waals surface area contributed by atoms with Gasteiger partial charge in [0.2, 0.25) is 0 Å². The van der Waals surface area contributed by atoms with Gasteiger partial charge in [-0.3, -0.25) is 9.59 Å². The number of ether oxygens (including phenoxy) is 2. The van der Waals surface area contributed by atoms with Crippen molar-refractivity contribution < 1.29 is 19.1 Å². The first-order valence-corrected chi connectivity index (χ1v) is 12.6. The van der Waals surface area contributed by atoms with E-state index in [0.29, 0.717) is 78.2 Å². The molecule has 8 heteroatoms. The number of aromatic amines is 1. The molecule has 196 valence electrons. The fourth-order valence-electron chi connectivity index (χ4n) is 4.17. The smallest absolute Gasteiger partial charge is 0.272 e. The number of carbonyl (C=O) groups excluding carboxylic acids is 2. The standard InChI is InChI=1S/C29H36N4O4/c1-7-18-37-26-17-12-20(36-6)19-21(26)27(22-13-15-24(30-22)28(34)32(8-2)9-3)23-14-16-25(31-23)29(35)33(10-4)11-5/h7,12-17,19,30H,1,8-11,18H2,2-6H3. The van der Waals surface area contributed by atoms with Crippen LogP contribution in [0, 0.1) is 0 Å². The van der Waals surface area contributed by atoms with Crippen molar-refractivity contribution in [3.8, 4) is 11.5 Å². The van der Waals surface area contributed by atoms with E-state index in [9.17, 15) is 9.59 Å². The molecular formula is C29H36N4O4. The van der Waals surface area contributed by atoms with Gasteiger partial charge in [0.15, 0.2) is 0 Å². The minimum atomic E-state index is -0.131. The Morgan fingerprint density at radius 1 is 0.946 bits per heavy atom. The summed E-state index contributed by atoms with van der Waals surface area (Å²) in [6.07, 6.45) is 5.21. The van der Waals surface area contributed by atoms with E-state index in [1.165, 1.54) is 0 Å². The maximum Gasteiger partial charge on any atom is 0.272 e. The second kappa shape index (κ2) is 12.8. The lowest BCUT2D eigenvalue weighted by molar-refractivity contribution is -0.123. The molecule has 0 spiro atoms. The van der Waals surface area contributed by atoms with E-state index in [-0.39, 0.29) is 11.8 Å². The molecule has 0 bridgehead atoms. The van der Waals surface area contributed by atoms with Gasteiger partial charge in [-0.05, 0) is 70.2 Å². The minimum Gasteiger partial charge on any atom is -0.497 e. The average molecular weight is 505 g/mol. The summed E-state index contributed by atoms with van der Waals surface area (Å²) in [6.45, 7) is 14.2. The quantitative estimate of drug-likeness (QED) is 0.424. The van der Waals surface area contributed by atoms with Crippen LogP contribution in [0.2, 0.25) is 0 Å². The lowest BCUT2D eigenvalue weighted by Crippen LogP contribution is -2.35. The molecule has 3 rings (SSSR count). The van der Waals surface area contributed by atoms with Crippen LogP contribution < -0.4 is 9.47 Å². The zero-order valence-corrected chi connectivity index (χ0v) is 22.3. The van der Waals surface area contributed by atoms with Crippen molar-refractivity contribution in [2.24, 2.45) is 4.99 Å². The summed E-state index contributed by atoms with van der Waals surface area (Å²) in [4.78, 5) is 37.5. The molecule has 0 aliphatic carbocycles. The first kappa shape index (κ1) is 27.5. The number of nitrogens with zero attached hydrogens (tertiary/aromatic N) is 3. The largest absolute Gasteiger partial charge is 0.497 e. The molecule has 2 amide bonds. The lowest BCUT2D eigenvalue weighted by atomic mass is 9.99. The highest BCUT2D eigenvalue weighted by molar-refractivity contribution is 6.44. The fourth-order valence-corrected chi connectivity index (χ4v) is 4.17. The SMILES string of the molecule is C=CCOc1ccc(OC)cc1C(=C1C=CC(C(=O)N(CC)CC)=N1)c1ccc(C(=O)N(CC)CC)[nH]1. The highest BCUT2D eigenvalue weighted by Crippen LogP contribution is 2.38. The normalized spacial score (nSPS) is 13.7. The van der Waals surface area contributed by atoms with Crippen LogP contribution in [-0.2, 0) is 4.79 Å². The molecule has 0 saturated heterocycles. The predicted molar refractivity (Wildman–Crippen MR) is 147 cm³/mol. The number of carbonyl (C=O) groups is 2. The van der Waals surface area contributed by atoms with Crippen molar-refractivity contribution in [3.63, 3.8) is 0 Å². The molecule has 0 fully saturated rings. The van der Waals surface area contributed by atoms with Crippen LogP contribution in [0.25, 0.3) is 5.57 Å². The molecule has 0 saturated carbocycles. The third kappa shape index (κ3) is 6.02. The van der Waals surface area contributed by atoms with Gasteiger partial charge in [0.05, 0.1) is 12.8 Å². The number of rotatable bonds is 12. The topological polar surface area (TPSA) is 87.2 Å². The summed E-state index contributed by atoms with van der Waals surface area (Å²) >= 11 is 0. The number of hydrogen-bond acceptors (Lipinski definition) is 5. The van der Waals surface area contributed by atoms with Gasteiger partial charge in [-0.2, -0.15) is 0 Å². The number of aliphatic imine (C=N–C) groups is 1. The maximum absolute atomic E-state index is 13.0. The first-order chi connectivity index (χ1) is 17.9. The molecule has 0 unspecified atom stereocenters. The molecule has 0 radical (unpaired) electrons. The predicted octanol–water partition coefficient (Wildman–Crippen LogP) is 4.71. The Hall–Kier alpha value is -4.07. The van der Waals surface area contributed by atoms with E-state index < -0.39 is 0 Å². The maximum atomic E-state index is 13.0. The second-order valence-corrected chi connectivity index (χ2v) is 8.29. The van der Waals surface area contributed by atoms with Gasteiger partial charge in [-0.25, -0.2) is 4.99 Å². The van der Waals surface area contributed by atoms with Gasteiger partial charge in [-0.1, -0.05) is 12.7 Å². The van der Waals surface area contributed by atoms with Crippen LogP contribution >= 0.6 is 0 Å². The molecule has 1 aliphatic rings. The minimum absolute atomic E-state index is 0.0859. The van der Waals surface area contributed by atoms with Crippen LogP contribution in [0.5, 0.6) is 11.5 Å². The van der Waals surface area contributed by atoms with Crippen LogP contribution in [0.1, 0.15) is 49.4 Å². The zero-order chi connectivity index (χ0) is 26.9. The summed E-state index contributed by atoms with van der Waals surface area (Å²) in [5.41, 5.74) is 3.49. The molecule has 2 aromatic rings. The molecule has 0 atom stereocenters. The number of nitrogens with one attached hydrogen (secondary N) is 1. The molecule has 1 aliphatic heterocycles. The number of methoxy groups -OCH3 is 1. The number of hydrogen-bond donors (Lipinski definition) is 1. The second-order valence-electron chi connectivity index (χ2n) is 8.29. The highest BCUT2D eigenvalue weighted by Gasteiger charge is 2.25. The van der Waals surface area contributed by atoms with Gasteiger partial charge >= 0.3 is 0 Å². The summed E-state index contributed by atoms with van der Waals surface area (Å²) < 4.78 is 11.5. The Labute approximate surface area is 219 Å². The average Bonchev–Trinajstić information content (AvgIpc) is 3.60. The molecular weight excluding hydrogens is 468 g/mol. The van der Waals surface area contributed by atoms with Crippen molar-refractivity contribution >= 4 is 23.1 Å². The number of allylic oxidation sites excluding steroid dienone is 1. The van der Waals surface area contributed by atoms with Crippen LogP contribution in [0.3, 0.4) is 0 Å². The number of aromatic nitrogens is 1. The Bertz CT molecular complexity index is 1230. The van der Waals surface area contributed by atoms with Crippen molar-refractivity contribution in [1.82, 2.24) is 14.8 Å².